The molecule has 192 valence electrons. The zero-order chi connectivity index (χ0) is 26.0. The molecule has 0 bridgehead atoms. The van der Waals surface area contributed by atoms with Gasteiger partial charge < -0.3 is 28.8 Å². The minimum Gasteiger partial charge on any atom is -0.454 e. The molecule has 1 fully saturated rings. The van der Waals surface area contributed by atoms with Crippen LogP contribution in [0, 0.1) is 11.8 Å². The van der Waals surface area contributed by atoms with Crippen LogP contribution in [0.4, 0.5) is 0 Å². The van der Waals surface area contributed by atoms with E-state index in [1.165, 1.54) is 7.11 Å². The van der Waals surface area contributed by atoms with Crippen molar-refractivity contribution in [3.63, 3.8) is 0 Å². The lowest BCUT2D eigenvalue weighted by Crippen LogP contribution is -2.63. The topological polar surface area (TPSA) is 118 Å². The van der Waals surface area contributed by atoms with Crippen LogP contribution in [-0.4, -0.2) is 67.4 Å². The van der Waals surface area contributed by atoms with Crippen LogP contribution in [0.2, 0.25) is 0 Å². The second kappa shape index (κ2) is 13.8. The van der Waals surface area contributed by atoms with Gasteiger partial charge in [-0.1, -0.05) is 44.2 Å². The van der Waals surface area contributed by atoms with Gasteiger partial charge in [0.1, 0.15) is 6.10 Å². The SMILES string of the molecule is C=CC[C@@H](C)C(=O)O[C@@H]1[C@@H](OC(=O)[C@H](C)CC=C)[C@@H](OC)O[C@H](CO)[C@H]1OC(=O)c1ccccc1. The van der Waals surface area contributed by atoms with E-state index in [1.54, 1.807) is 56.3 Å². The lowest BCUT2D eigenvalue weighted by molar-refractivity contribution is -0.301. The highest BCUT2D eigenvalue weighted by molar-refractivity contribution is 5.89. The minimum absolute atomic E-state index is 0.247. The van der Waals surface area contributed by atoms with Crippen molar-refractivity contribution in [1.82, 2.24) is 0 Å². The first-order chi connectivity index (χ1) is 16.8. The molecule has 1 N–H and O–H groups in total. The third-order valence-electron chi connectivity index (χ3n) is 5.61. The van der Waals surface area contributed by atoms with Gasteiger partial charge in [0.15, 0.2) is 24.6 Å². The number of allylic oxidation sites excluding steroid dienone is 2. The van der Waals surface area contributed by atoms with Crippen molar-refractivity contribution in [3.8, 4) is 0 Å². The summed E-state index contributed by atoms with van der Waals surface area (Å²) >= 11 is 0. The maximum atomic E-state index is 12.9. The highest BCUT2D eigenvalue weighted by Gasteiger charge is 2.53. The maximum Gasteiger partial charge on any atom is 0.338 e. The second-order valence-corrected chi connectivity index (χ2v) is 8.35. The molecule has 0 unspecified atom stereocenters. The monoisotopic (exact) mass is 490 g/mol. The summed E-state index contributed by atoms with van der Waals surface area (Å²) in [4.78, 5) is 38.4. The Labute approximate surface area is 205 Å². The normalized spacial score (nSPS) is 25.5. The fourth-order valence-electron chi connectivity index (χ4n) is 3.58. The number of methoxy groups -OCH3 is 1. The van der Waals surface area contributed by atoms with Gasteiger partial charge in [0.25, 0.3) is 0 Å². The van der Waals surface area contributed by atoms with Crippen LogP contribution in [-0.2, 0) is 33.3 Å². The fourth-order valence-corrected chi connectivity index (χ4v) is 3.58. The third-order valence-corrected chi connectivity index (χ3v) is 5.61. The van der Waals surface area contributed by atoms with E-state index in [9.17, 15) is 19.5 Å². The summed E-state index contributed by atoms with van der Waals surface area (Å²) in [6.45, 7) is 10.00. The Hall–Kier alpha value is -3.01. The van der Waals surface area contributed by atoms with E-state index in [4.69, 9.17) is 23.7 Å². The van der Waals surface area contributed by atoms with Crippen LogP contribution in [0.1, 0.15) is 37.0 Å². The van der Waals surface area contributed by atoms with Gasteiger partial charge in [0, 0.05) is 7.11 Å². The van der Waals surface area contributed by atoms with E-state index < -0.39 is 67.1 Å². The highest BCUT2D eigenvalue weighted by Crippen LogP contribution is 2.31. The van der Waals surface area contributed by atoms with Gasteiger partial charge in [-0.15, -0.1) is 13.2 Å². The Bertz CT molecular complexity index is 869. The molecule has 7 atom stereocenters. The van der Waals surface area contributed by atoms with E-state index in [0.717, 1.165) is 0 Å². The standard InChI is InChI=1S/C26H34O9/c1-6-11-16(3)23(28)34-21-20(33-25(30)18-13-9-8-10-14-18)19(15-27)32-26(31-5)22(21)35-24(29)17(4)12-7-2/h6-10,13-14,16-17,19-22,26-27H,1-2,11-12,15H2,3-5H3/t16-,17-,19-,20-,21+,22-,26+/m1/s1. The number of aliphatic hydroxyl groups excluding tert-OH is 1. The molecule has 0 aromatic heterocycles. The smallest absolute Gasteiger partial charge is 0.338 e. The van der Waals surface area contributed by atoms with E-state index in [0.29, 0.717) is 12.8 Å². The molecule has 9 nitrogen and oxygen atoms in total. The minimum atomic E-state index is -1.31. The van der Waals surface area contributed by atoms with Gasteiger partial charge in [-0.25, -0.2) is 4.79 Å². The molecule has 1 aliphatic heterocycles. The highest BCUT2D eigenvalue weighted by atomic mass is 16.7. The summed E-state index contributed by atoms with van der Waals surface area (Å²) in [5, 5.41) is 9.99. The Balaban J connectivity index is 2.43. The summed E-state index contributed by atoms with van der Waals surface area (Å²) in [5.74, 6) is -3.05. The molecule has 35 heavy (non-hydrogen) atoms. The molecule has 0 amide bonds. The number of benzene rings is 1. The largest absolute Gasteiger partial charge is 0.454 e. The van der Waals surface area contributed by atoms with Gasteiger partial charge in [-0.2, -0.15) is 0 Å². The Kier molecular flexibility index (Phi) is 11.1. The van der Waals surface area contributed by atoms with E-state index >= 15 is 0 Å². The Morgan fingerprint density at radius 1 is 0.943 bits per heavy atom. The summed E-state index contributed by atoms with van der Waals surface area (Å²) in [6, 6.07) is 8.18. The predicted octanol–water partition coefficient (Wildman–Crippen LogP) is 2.82. The lowest BCUT2D eigenvalue weighted by Gasteiger charge is -2.44. The number of aliphatic hydroxyl groups is 1. The fraction of sp³-hybridized carbons (Fsp3) is 0.500. The second-order valence-electron chi connectivity index (χ2n) is 8.35. The van der Waals surface area contributed by atoms with E-state index in [-0.39, 0.29) is 5.56 Å². The average Bonchev–Trinajstić information content (AvgIpc) is 2.86. The van der Waals surface area contributed by atoms with Crippen molar-refractivity contribution in [2.45, 2.75) is 57.4 Å². The van der Waals surface area contributed by atoms with Crippen LogP contribution in [0.15, 0.2) is 55.6 Å². The maximum absolute atomic E-state index is 12.9. The van der Waals surface area contributed by atoms with Crippen LogP contribution >= 0.6 is 0 Å². The molecule has 9 heteroatoms. The Morgan fingerprint density at radius 3 is 1.97 bits per heavy atom. The average molecular weight is 491 g/mol. The van der Waals surface area contributed by atoms with Gasteiger partial charge >= 0.3 is 17.9 Å². The number of ether oxygens (including phenoxy) is 5. The zero-order valence-corrected chi connectivity index (χ0v) is 20.3. The number of hydrogen-bond acceptors (Lipinski definition) is 9. The molecule has 1 heterocycles. The molecule has 1 aromatic rings. The van der Waals surface area contributed by atoms with Gasteiger partial charge in [-0.3, -0.25) is 9.59 Å². The van der Waals surface area contributed by atoms with Crippen molar-refractivity contribution < 1.29 is 43.2 Å². The van der Waals surface area contributed by atoms with Crippen LogP contribution in [0.3, 0.4) is 0 Å². The lowest BCUT2D eigenvalue weighted by atomic mass is 9.97. The Morgan fingerprint density at radius 2 is 1.49 bits per heavy atom. The quantitative estimate of drug-likeness (QED) is 0.268. The van der Waals surface area contributed by atoms with Crippen molar-refractivity contribution in [1.29, 1.82) is 0 Å². The van der Waals surface area contributed by atoms with Crippen LogP contribution < -0.4 is 0 Å². The van der Waals surface area contributed by atoms with Gasteiger partial charge in [-0.05, 0) is 25.0 Å². The van der Waals surface area contributed by atoms with Gasteiger partial charge in [0.05, 0.1) is 24.0 Å². The third kappa shape index (κ3) is 7.48. The molecule has 0 aliphatic carbocycles. The summed E-state index contributed by atoms with van der Waals surface area (Å²) < 4.78 is 28.2. The van der Waals surface area contributed by atoms with Gasteiger partial charge in [0.2, 0.25) is 0 Å². The molecule has 1 saturated heterocycles. The summed E-state index contributed by atoms with van der Waals surface area (Å²) in [6.07, 6.45) is -2.30. The molecular formula is C26H34O9. The molecule has 0 radical (unpaired) electrons. The first kappa shape index (κ1) is 28.2. The molecule has 1 aromatic carbocycles. The molecule has 0 spiro atoms. The van der Waals surface area contributed by atoms with Crippen molar-refractivity contribution in [2.75, 3.05) is 13.7 Å². The summed E-state index contributed by atoms with van der Waals surface area (Å²) in [7, 11) is 1.32. The number of esters is 3. The number of rotatable bonds is 12. The number of carbonyl (C=O) groups excluding carboxylic acids is 3. The number of hydrogen-bond donors (Lipinski definition) is 1. The molecule has 0 saturated carbocycles. The summed E-state index contributed by atoms with van der Waals surface area (Å²) in [5.41, 5.74) is 0.247. The molecule has 2 rings (SSSR count). The molecular weight excluding hydrogens is 456 g/mol. The van der Waals surface area contributed by atoms with E-state index in [2.05, 4.69) is 13.2 Å². The van der Waals surface area contributed by atoms with Crippen molar-refractivity contribution in [3.05, 3.63) is 61.2 Å². The first-order valence-electron chi connectivity index (χ1n) is 11.4. The first-order valence-corrected chi connectivity index (χ1v) is 11.4. The van der Waals surface area contributed by atoms with Crippen molar-refractivity contribution >= 4 is 17.9 Å². The molecule has 1 aliphatic rings. The predicted molar refractivity (Wildman–Crippen MR) is 126 cm³/mol. The van der Waals surface area contributed by atoms with Crippen LogP contribution in [0.5, 0.6) is 0 Å². The number of carbonyl (C=O) groups is 3. The zero-order valence-electron chi connectivity index (χ0n) is 20.3. The van der Waals surface area contributed by atoms with E-state index in [1.807, 2.05) is 0 Å². The van der Waals surface area contributed by atoms with Crippen LogP contribution in [0.25, 0.3) is 0 Å². The van der Waals surface area contributed by atoms with Crippen molar-refractivity contribution in [2.24, 2.45) is 11.8 Å².